The van der Waals surface area contributed by atoms with E-state index in [2.05, 4.69) is 11.4 Å². The Morgan fingerprint density at radius 2 is 2.17 bits per heavy atom. The molecule has 0 saturated heterocycles. The summed E-state index contributed by atoms with van der Waals surface area (Å²) in [4.78, 5) is 2.02. The van der Waals surface area contributed by atoms with Crippen LogP contribution >= 0.6 is 0 Å². The first-order valence-electron chi connectivity index (χ1n) is 4.23. The normalized spacial score (nSPS) is 13.7. The highest BCUT2D eigenvalue weighted by atomic mass is 16.5. The minimum Gasteiger partial charge on any atom is -0.384 e. The maximum atomic E-state index is 5.08. The van der Waals surface area contributed by atoms with E-state index in [1.54, 1.807) is 7.11 Å². The summed E-state index contributed by atoms with van der Waals surface area (Å²) < 4.78 is 5.08. The first-order valence-corrected chi connectivity index (χ1v) is 4.23. The molecule has 1 unspecified atom stereocenters. The fraction of sp³-hybridized carbons (Fsp3) is 0.778. The molecule has 1 atom stereocenters. The van der Waals surface area contributed by atoms with Crippen molar-refractivity contribution < 1.29 is 4.74 Å². The molecule has 0 spiro atoms. The summed E-state index contributed by atoms with van der Waals surface area (Å²) in [6, 6.07) is 0. The van der Waals surface area contributed by atoms with Gasteiger partial charge < -0.3 is 15.0 Å². The number of methoxy groups -OCH3 is 1. The maximum Gasteiger partial charge on any atom is 0.0667 e. The van der Waals surface area contributed by atoms with E-state index in [-0.39, 0.29) is 6.10 Å². The van der Waals surface area contributed by atoms with E-state index in [0.717, 1.165) is 13.1 Å². The van der Waals surface area contributed by atoms with Gasteiger partial charge in [0.05, 0.1) is 6.10 Å². The zero-order valence-corrected chi connectivity index (χ0v) is 8.50. The minimum atomic E-state index is 0.290. The molecule has 0 radical (unpaired) electrons. The first kappa shape index (κ1) is 11.5. The summed E-state index contributed by atoms with van der Waals surface area (Å²) in [5, 5.41) is 3.25. The van der Waals surface area contributed by atoms with Crippen LogP contribution in [0, 0.1) is 0 Å². The van der Waals surface area contributed by atoms with Crippen molar-refractivity contribution in [3.8, 4) is 0 Å². The molecule has 1 N–H and O–H groups in total. The van der Waals surface area contributed by atoms with E-state index < -0.39 is 0 Å². The van der Waals surface area contributed by atoms with Gasteiger partial charge >= 0.3 is 0 Å². The average molecular weight is 172 g/mol. The summed E-state index contributed by atoms with van der Waals surface area (Å²) in [5.41, 5.74) is 0. The summed E-state index contributed by atoms with van der Waals surface area (Å²) in [6.45, 7) is 3.84. The van der Waals surface area contributed by atoms with Crippen molar-refractivity contribution in [2.24, 2.45) is 0 Å². The highest BCUT2D eigenvalue weighted by Gasteiger charge is 1.94. The van der Waals surface area contributed by atoms with Gasteiger partial charge in [0, 0.05) is 34.3 Å². The van der Waals surface area contributed by atoms with Crippen LogP contribution in [0.25, 0.3) is 0 Å². The third kappa shape index (κ3) is 7.57. The Bertz CT molecular complexity index is 124. The van der Waals surface area contributed by atoms with E-state index in [4.69, 9.17) is 4.74 Å². The topological polar surface area (TPSA) is 24.5 Å². The molecule has 0 saturated carbocycles. The van der Waals surface area contributed by atoms with E-state index in [0.29, 0.717) is 0 Å². The zero-order valence-electron chi connectivity index (χ0n) is 8.50. The Morgan fingerprint density at radius 3 is 2.67 bits per heavy atom. The third-order valence-corrected chi connectivity index (χ3v) is 1.50. The van der Waals surface area contributed by atoms with Gasteiger partial charge in [-0.1, -0.05) is 6.08 Å². The van der Waals surface area contributed by atoms with Gasteiger partial charge in [-0.25, -0.2) is 0 Å². The van der Waals surface area contributed by atoms with E-state index in [1.807, 2.05) is 32.1 Å². The molecule has 0 amide bonds. The van der Waals surface area contributed by atoms with Crippen LogP contribution < -0.4 is 5.32 Å². The molecule has 3 heteroatoms. The van der Waals surface area contributed by atoms with Crippen molar-refractivity contribution in [1.29, 1.82) is 0 Å². The lowest BCUT2D eigenvalue weighted by molar-refractivity contribution is 0.118. The van der Waals surface area contributed by atoms with E-state index >= 15 is 0 Å². The zero-order chi connectivity index (χ0) is 9.40. The van der Waals surface area contributed by atoms with Crippen molar-refractivity contribution in [2.45, 2.75) is 13.0 Å². The van der Waals surface area contributed by atoms with Gasteiger partial charge in [0.2, 0.25) is 0 Å². The number of hydrogen-bond donors (Lipinski definition) is 1. The van der Waals surface area contributed by atoms with Crippen molar-refractivity contribution in [3.05, 3.63) is 12.3 Å². The fourth-order valence-corrected chi connectivity index (χ4v) is 0.717. The molecule has 0 aliphatic carbocycles. The number of nitrogens with zero attached hydrogens (tertiary/aromatic N) is 1. The number of nitrogens with one attached hydrogen (secondary N) is 1. The average Bonchev–Trinajstić information content (AvgIpc) is 2.03. The lowest BCUT2D eigenvalue weighted by Gasteiger charge is -2.09. The largest absolute Gasteiger partial charge is 0.384 e. The van der Waals surface area contributed by atoms with Crippen molar-refractivity contribution in [1.82, 2.24) is 10.2 Å². The van der Waals surface area contributed by atoms with Gasteiger partial charge in [0.1, 0.15) is 0 Å². The monoisotopic (exact) mass is 172 g/mol. The second-order valence-electron chi connectivity index (χ2n) is 3.05. The highest BCUT2D eigenvalue weighted by molar-refractivity contribution is 4.81. The van der Waals surface area contributed by atoms with Crippen LogP contribution in [0.5, 0.6) is 0 Å². The standard InChI is InChI=1S/C9H20N2O/c1-9(12-4)8-10-6-5-7-11(2)3/h5,7,9-10H,6,8H2,1-4H3. The molecule has 72 valence electrons. The smallest absolute Gasteiger partial charge is 0.0667 e. The lowest BCUT2D eigenvalue weighted by atomic mass is 10.4. The summed E-state index contributed by atoms with van der Waals surface area (Å²) in [6.07, 6.45) is 4.41. The Labute approximate surface area is 75.4 Å². The number of rotatable bonds is 6. The Morgan fingerprint density at radius 1 is 1.50 bits per heavy atom. The van der Waals surface area contributed by atoms with Crippen LogP contribution in [0.15, 0.2) is 12.3 Å². The Kier molecular flexibility index (Phi) is 6.81. The molecule has 0 aliphatic rings. The van der Waals surface area contributed by atoms with Gasteiger partial charge in [-0.2, -0.15) is 0 Å². The number of ether oxygens (including phenoxy) is 1. The molecular weight excluding hydrogens is 152 g/mol. The van der Waals surface area contributed by atoms with Crippen molar-refractivity contribution in [3.63, 3.8) is 0 Å². The maximum absolute atomic E-state index is 5.08. The molecule has 0 bridgehead atoms. The molecule has 12 heavy (non-hydrogen) atoms. The molecule has 0 heterocycles. The molecule has 0 aromatic rings. The van der Waals surface area contributed by atoms with Crippen LogP contribution in [0.4, 0.5) is 0 Å². The van der Waals surface area contributed by atoms with Gasteiger partial charge in [-0.05, 0) is 13.1 Å². The van der Waals surface area contributed by atoms with Gasteiger partial charge in [0.25, 0.3) is 0 Å². The molecule has 0 fully saturated rings. The fourth-order valence-electron chi connectivity index (χ4n) is 0.717. The Balaban J connectivity index is 3.21. The van der Waals surface area contributed by atoms with E-state index in [9.17, 15) is 0 Å². The molecule has 3 nitrogen and oxygen atoms in total. The number of hydrogen-bond acceptors (Lipinski definition) is 3. The van der Waals surface area contributed by atoms with Crippen LogP contribution in [0.1, 0.15) is 6.92 Å². The van der Waals surface area contributed by atoms with Crippen LogP contribution in [-0.4, -0.2) is 45.3 Å². The SMILES string of the molecule is COC(C)CNCC=CN(C)C. The van der Waals surface area contributed by atoms with Gasteiger partial charge in [-0.15, -0.1) is 0 Å². The third-order valence-electron chi connectivity index (χ3n) is 1.50. The van der Waals surface area contributed by atoms with Crippen molar-refractivity contribution >= 4 is 0 Å². The summed E-state index contributed by atoms with van der Waals surface area (Å²) in [5.74, 6) is 0. The second kappa shape index (κ2) is 7.13. The lowest BCUT2D eigenvalue weighted by Crippen LogP contribution is -2.26. The highest BCUT2D eigenvalue weighted by Crippen LogP contribution is 1.83. The van der Waals surface area contributed by atoms with Crippen LogP contribution in [0.2, 0.25) is 0 Å². The molecule has 0 aromatic carbocycles. The molecule has 0 aliphatic heterocycles. The first-order chi connectivity index (χ1) is 5.66. The molecule has 0 rings (SSSR count). The summed E-state index contributed by atoms with van der Waals surface area (Å²) >= 11 is 0. The predicted molar refractivity (Wildman–Crippen MR) is 52.2 cm³/mol. The van der Waals surface area contributed by atoms with Gasteiger partial charge in [0.15, 0.2) is 0 Å². The molecule has 0 aromatic heterocycles. The van der Waals surface area contributed by atoms with Crippen molar-refractivity contribution in [2.75, 3.05) is 34.3 Å². The second-order valence-corrected chi connectivity index (χ2v) is 3.05. The summed E-state index contributed by atoms with van der Waals surface area (Å²) in [7, 11) is 5.74. The van der Waals surface area contributed by atoms with E-state index in [1.165, 1.54) is 0 Å². The Hall–Kier alpha value is -0.540. The molecular formula is C9H20N2O. The minimum absolute atomic E-state index is 0.290. The van der Waals surface area contributed by atoms with Crippen LogP contribution in [0.3, 0.4) is 0 Å². The van der Waals surface area contributed by atoms with Crippen LogP contribution in [-0.2, 0) is 4.74 Å². The predicted octanol–water partition coefficient (Wildman–Crippen LogP) is 0.686. The van der Waals surface area contributed by atoms with Gasteiger partial charge in [-0.3, -0.25) is 0 Å². The quantitative estimate of drug-likeness (QED) is 0.596.